The van der Waals surface area contributed by atoms with Crippen LogP contribution in [0.2, 0.25) is 0 Å². The molecular weight excluding hydrogens is 176 g/mol. The number of carbonyl (C=O) groups excluding carboxylic acids is 1. The standard InChI is InChI=1S/C11H20N2O/c1-5-10(14)12-8-9-6-7-13(9)11(2,3)4/h5,9H,1,6-8H2,2-4H3,(H,12,14). The van der Waals surface area contributed by atoms with Crippen LogP contribution in [0.3, 0.4) is 0 Å². The Morgan fingerprint density at radius 2 is 2.29 bits per heavy atom. The molecule has 1 heterocycles. The molecule has 1 rings (SSSR count). The Kier molecular flexibility index (Phi) is 3.32. The van der Waals surface area contributed by atoms with Crippen molar-refractivity contribution >= 4 is 5.91 Å². The van der Waals surface area contributed by atoms with E-state index in [1.165, 1.54) is 12.5 Å². The number of hydrogen-bond acceptors (Lipinski definition) is 2. The zero-order chi connectivity index (χ0) is 10.8. The van der Waals surface area contributed by atoms with Gasteiger partial charge in [-0.25, -0.2) is 0 Å². The van der Waals surface area contributed by atoms with Gasteiger partial charge in [-0.3, -0.25) is 9.69 Å². The molecule has 0 aromatic heterocycles. The first-order chi connectivity index (χ1) is 6.45. The van der Waals surface area contributed by atoms with Crippen LogP contribution < -0.4 is 5.32 Å². The molecule has 14 heavy (non-hydrogen) atoms. The van der Waals surface area contributed by atoms with E-state index < -0.39 is 0 Å². The second-order valence-electron chi connectivity index (χ2n) is 4.76. The maximum absolute atomic E-state index is 11.0. The predicted molar refractivity (Wildman–Crippen MR) is 58.1 cm³/mol. The Morgan fingerprint density at radius 1 is 1.64 bits per heavy atom. The third-order valence-electron chi connectivity index (χ3n) is 2.70. The molecule has 0 radical (unpaired) electrons. The molecule has 3 nitrogen and oxygen atoms in total. The average molecular weight is 196 g/mol. The minimum absolute atomic E-state index is 0.0780. The van der Waals surface area contributed by atoms with Crippen LogP contribution in [0.5, 0.6) is 0 Å². The fourth-order valence-corrected chi connectivity index (χ4v) is 1.83. The van der Waals surface area contributed by atoms with Crippen LogP contribution in [0.25, 0.3) is 0 Å². The highest BCUT2D eigenvalue weighted by Crippen LogP contribution is 2.26. The molecule has 1 aliphatic heterocycles. The van der Waals surface area contributed by atoms with E-state index in [1.807, 2.05) is 0 Å². The van der Waals surface area contributed by atoms with Gasteiger partial charge in [0.15, 0.2) is 0 Å². The molecule has 1 fully saturated rings. The van der Waals surface area contributed by atoms with Gasteiger partial charge in [0.25, 0.3) is 0 Å². The van der Waals surface area contributed by atoms with E-state index in [2.05, 4.69) is 37.6 Å². The number of carbonyl (C=O) groups is 1. The van der Waals surface area contributed by atoms with Crippen molar-refractivity contribution in [2.45, 2.75) is 38.8 Å². The minimum Gasteiger partial charge on any atom is -0.351 e. The van der Waals surface area contributed by atoms with Crippen molar-refractivity contribution in [2.24, 2.45) is 0 Å². The molecule has 1 saturated heterocycles. The number of amides is 1. The summed E-state index contributed by atoms with van der Waals surface area (Å²) in [7, 11) is 0. The fourth-order valence-electron chi connectivity index (χ4n) is 1.83. The zero-order valence-corrected chi connectivity index (χ0v) is 9.34. The molecule has 0 spiro atoms. The van der Waals surface area contributed by atoms with Gasteiger partial charge in [-0.1, -0.05) is 6.58 Å². The smallest absolute Gasteiger partial charge is 0.243 e. The molecule has 1 amide bonds. The highest BCUT2D eigenvalue weighted by molar-refractivity contribution is 5.86. The van der Waals surface area contributed by atoms with Crippen molar-refractivity contribution in [3.63, 3.8) is 0 Å². The van der Waals surface area contributed by atoms with Crippen LogP contribution in [-0.4, -0.2) is 35.5 Å². The van der Waals surface area contributed by atoms with Gasteiger partial charge in [-0.15, -0.1) is 0 Å². The maximum Gasteiger partial charge on any atom is 0.243 e. The lowest BCUT2D eigenvalue weighted by Crippen LogP contribution is -2.60. The van der Waals surface area contributed by atoms with Crippen LogP contribution >= 0.6 is 0 Å². The SMILES string of the molecule is C=CC(=O)NCC1CCN1C(C)(C)C. The van der Waals surface area contributed by atoms with E-state index in [9.17, 15) is 4.79 Å². The van der Waals surface area contributed by atoms with Crippen LogP contribution in [0.4, 0.5) is 0 Å². The summed E-state index contributed by atoms with van der Waals surface area (Å²) in [5.41, 5.74) is 0.210. The zero-order valence-electron chi connectivity index (χ0n) is 9.34. The molecule has 0 aliphatic carbocycles. The van der Waals surface area contributed by atoms with Gasteiger partial charge in [-0.2, -0.15) is 0 Å². The number of likely N-dealkylation sites (tertiary alicyclic amines) is 1. The molecule has 1 unspecified atom stereocenters. The fraction of sp³-hybridized carbons (Fsp3) is 0.727. The van der Waals surface area contributed by atoms with Gasteiger partial charge in [0.2, 0.25) is 5.91 Å². The van der Waals surface area contributed by atoms with Crippen molar-refractivity contribution in [2.75, 3.05) is 13.1 Å². The van der Waals surface area contributed by atoms with Crippen molar-refractivity contribution in [1.82, 2.24) is 10.2 Å². The Morgan fingerprint density at radius 3 is 2.64 bits per heavy atom. The summed E-state index contributed by atoms with van der Waals surface area (Å²) in [4.78, 5) is 13.4. The van der Waals surface area contributed by atoms with Gasteiger partial charge >= 0.3 is 0 Å². The van der Waals surface area contributed by atoms with Gasteiger partial charge in [0, 0.05) is 24.7 Å². The number of rotatable bonds is 3. The van der Waals surface area contributed by atoms with E-state index >= 15 is 0 Å². The first-order valence-corrected chi connectivity index (χ1v) is 5.12. The van der Waals surface area contributed by atoms with Crippen molar-refractivity contribution in [3.8, 4) is 0 Å². The van der Waals surface area contributed by atoms with E-state index in [0.29, 0.717) is 6.04 Å². The molecule has 0 aromatic carbocycles. The van der Waals surface area contributed by atoms with E-state index in [1.54, 1.807) is 0 Å². The molecule has 3 heteroatoms. The largest absolute Gasteiger partial charge is 0.351 e. The van der Waals surface area contributed by atoms with Crippen molar-refractivity contribution < 1.29 is 4.79 Å². The number of nitrogens with one attached hydrogen (secondary N) is 1. The lowest BCUT2D eigenvalue weighted by atomic mass is 9.93. The summed E-state index contributed by atoms with van der Waals surface area (Å²) in [6, 6.07) is 0.499. The Hall–Kier alpha value is -0.830. The summed E-state index contributed by atoms with van der Waals surface area (Å²) in [6.07, 6.45) is 2.49. The van der Waals surface area contributed by atoms with Crippen molar-refractivity contribution in [1.29, 1.82) is 0 Å². The topological polar surface area (TPSA) is 32.3 Å². The minimum atomic E-state index is -0.0780. The Labute approximate surface area is 86.2 Å². The lowest BCUT2D eigenvalue weighted by molar-refractivity contribution is -0.117. The quantitative estimate of drug-likeness (QED) is 0.687. The first kappa shape index (κ1) is 11.2. The van der Waals surface area contributed by atoms with Crippen LogP contribution in [-0.2, 0) is 4.79 Å². The van der Waals surface area contributed by atoms with Crippen molar-refractivity contribution in [3.05, 3.63) is 12.7 Å². The second kappa shape index (κ2) is 4.13. The second-order valence-corrected chi connectivity index (χ2v) is 4.76. The van der Waals surface area contributed by atoms with E-state index in [0.717, 1.165) is 13.1 Å². The average Bonchev–Trinajstić information content (AvgIpc) is 1.99. The molecule has 0 bridgehead atoms. The number of nitrogens with zero attached hydrogens (tertiary/aromatic N) is 1. The first-order valence-electron chi connectivity index (χ1n) is 5.12. The third-order valence-corrected chi connectivity index (χ3v) is 2.70. The maximum atomic E-state index is 11.0. The normalized spacial score (nSPS) is 22.6. The summed E-state index contributed by atoms with van der Waals surface area (Å²) >= 11 is 0. The Balaban J connectivity index is 2.33. The van der Waals surface area contributed by atoms with Crippen LogP contribution in [0, 0.1) is 0 Å². The summed E-state index contributed by atoms with van der Waals surface area (Å²) in [5.74, 6) is -0.0780. The predicted octanol–water partition coefficient (Wildman–Crippen LogP) is 1.16. The van der Waals surface area contributed by atoms with E-state index in [-0.39, 0.29) is 11.4 Å². The van der Waals surface area contributed by atoms with Gasteiger partial charge in [-0.05, 0) is 33.3 Å². The molecule has 0 aromatic rings. The van der Waals surface area contributed by atoms with Crippen LogP contribution in [0.1, 0.15) is 27.2 Å². The Bertz CT molecular complexity index is 230. The molecule has 1 atom stereocenters. The van der Waals surface area contributed by atoms with E-state index in [4.69, 9.17) is 0 Å². The molecule has 0 saturated carbocycles. The third kappa shape index (κ3) is 2.58. The highest BCUT2D eigenvalue weighted by atomic mass is 16.1. The van der Waals surface area contributed by atoms with Crippen LogP contribution in [0.15, 0.2) is 12.7 Å². The monoisotopic (exact) mass is 196 g/mol. The highest BCUT2D eigenvalue weighted by Gasteiger charge is 2.35. The van der Waals surface area contributed by atoms with Gasteiger partial charge in [0.1, 0.15) is 0 Å². The molecule has 80 valence electrons. The lowest BCUT2D eigenvalue weighted by Gasteiger charge is -2.49. The molecular formula is C11H20N2O. The summed E-state index contributed by atoms with van der Waals surface area (Å²) in [6.45, 7) is 11.9. The summed E-state index contributed by atoms with van der Waals surface area (Å²) in [5, 5.41) is 2.84. The molecule has 1 aliphatic rings. The van der Waals surface area contributed by atoms with Gasteiger partial charge < -0.3 is 5.32 Å². The summed E-state index contributed by atoms with van der Waals surface area (Å²) < 4.78 is 0. The molecule has 1 N–H and O–H groups in total. The number of hydrogen-bond donors (Lipinski definition) is 1. The van der Waals surface area contributed by atoms with Gasteiger partial charge in [0.05, 0.1) is 0 Å².